The van der Waals surface area contributed by atoms with Crippen LogP contribution < -0.4 is 4.74 Å². The molecule has 0 amide bonds. The van der Waals surface area contributed by atoms with Gasteiger partial charge >= 0.3 is 0 Å². The molecule has 0 aliphatic rings. The molecule has 1 aromatic heterocycles. The molecule has 1 aromatic carbocycles. The van der Waals surface area contributed by atoms with Crippen molar-refractivity contribution >= 4 is 0 Å². The molecule has 0 aliphatic heterocycles. The highest BCUT2D eigenvalue weighted by Gasteiger charge is 2.06. The van der Waals surface area contributed by atoms with E-state index in [1.807, 2.05) is 13.8 Å². The number of H-pyrrole nitrogens is 1. The number of hydrogen-bond acceptors (Lipinski definition) is 4. The first-order chi connectivity index (χ1) is 7.66. The minimum atomic E-state index is 0.335. The molecular weight excluding hydrogens is 204 g/mol. The second-order valence-corrected chi connectivity index (χ2v) is 3.84. The van der Waals surface area contributed by atoms with Crippen molar-refractivity contribution in [2.24, 2.45) is 0 Å². The summed E-state index contributed by atoms with van der Waals surface area (Å²) in [5, 5.41) is 13.5. The predicted molar refractivity (Wildman–Crippen MR) is 59.2 cm³/mol. The van der Waals surface area contributed by atoms with Crippen LogP contribution in [0.5, 0.6) is 5.75 Å². The van der Waals surface area contributed by atoms with Crippen molar-refractivity contribution in [2.45, 2.75) is 27.4 Å². The van der Waals surface area contributed by atoms with Crippen LogP contribution in [0.4, 0.5) is 0 Å². The molecule has 0 radical (unpaired) electrons. The molecule has 1 N–H and O–H groups in total. The number of rotatable bonds is 3. The Hall–Kier alpha value is -1.91. The molecule has 2 rings (SSSR count). The lowest BCUT2D eigenvalue weighted by molar-refractivity contribution is 0.292. The average molecular weight is 218 g/mol. The minimum Gasteiger partial charge on any atom is -0.485 e. The Labute approximate surface area is 93.8 Å². The maximum absolute atomic E-state index is 5.68. The van der Waals surface area contributed by atoms with E-state index in [9.17, 15) is 0 Å². The fourth-order valence-electron chi connectivity index (χ4n) is 1.77. The fraction of sp³-hybridized carbons (Fsp3) is 0.364. The average Bonchev–Trinajstić information content (AvgIpc) is 2.68. The summed E-state index contributed by atoms with van der Waals surface area (Å²) in [5.74, 6) is 1.45. The molecule has 0 saturated carbocycles. The van der Waals surface area contributed by atoms with Crippen LogP contribution in [0.3, 0.4) is 0 Å². The van der Waals surface area contributed by atoms with Crippen molar-refractivity contribution in [2.75, 3.05) is 0 Å². The van der Waals surface area contributed by atoms with E-state index in [4.69, 9.17) is 4.74 Å². The number of aryl methyl sites for hydroxylation is 3. The standard InChI is InChI=1S/C11H14N4O/c1-7-4-8(2)11(9(3)5-7)16-6-10-12-14-15-13-10/h4-5H,6H2,1-3H3,(H,12,13,14,15). The van der Waals surface area contributed by atoms with Gasteiger partial charge in [0.15, 0.2) is 6.61 Å². The van der Waals surface area contributed by atoms with Crippen molar-refractivity contribution in [3.05, 3.63) is 34.6 Å². The van der Waals surface area contributed by atoms with E-state index in [2.05, 4.69) is 39.7 Å². The van der Waals surface area contributed by atoms with Crippen LogP contribution in [0.15, 0.2) is 12.1 Å². The van der Waals surface area contributed by atoms with Gasteiger partial charge < -0.3 is 4.74 Å². The SMILES string of the molecule is Cc1cc(C)c(OCc2nn[nH]n2)c(C)c1. The zero-order chi connectivity index (χ0) is 11.5. The summed E-state index contributed by atoms with van der Waals surface area (Å²) < 4.78 is 5.68. The molecule has 5 heteroatoms. The van der Waals surface area contributed by atoms with Crippen LogP contribution in [-0.4, -0.2) is 20.6 Å². The van der Waals surface area contributed by atoms with Gasteiger partial charge in [-0.25, -0.2) is 0 Å². The van der Waals surface area contributed by atoms with Gasteiger partial charge in [-0.15, -0.1) is 10.2 Å². The molecule has 0 atom stereocenters. The third kappa shape index (κ3) is 2.18. The van der Waals surface area contributed by atoms with Crippen molar-refractivity contribution < 1.29 is 4.74 Å². The lowest BCUT2D eigenvalue weighted by Crippen LogP contribution is -2.01. The van der Waals surface area contributed by atoms with Crippen molar-refractivity contribution in [3.63, 3.8) is 0 Å². The molecule has 2 aromatic rings. The van der Waals surface area contributed by atoms with E-state index in [0.717, 1.165) is 16.9 Å². The van der Waals surface area contributed by atoms with Gasteiger partial charge in [0.25, 0.3) is 0 Å². The largest absolute Gasteiger partial charge is 0.485 e. The highest BCUT2D eigenvalue weighted by molar-refractivity contribution is 5.42. The Morgan fingerprint density at radius 2 is 1.88 bits per heavy atom. The van der Waals surface area contributed by atoms with Gasteiger partial charge in [0.2, 0.25) is 5.82 Å². The topological polar surface area (TPSA) is 63.7 Å². The molecule has 0 bridgehead atoms. The number of hydrogen-bond donors (Lipinski definition) is 1. The Bertz CT molecular complexity index is 456. The Kier molecular flexibility index (Phi) is 2.85. The second kappa shape index (κ2) is 4.30. The lowest BCUT2D eigenvalue weighted by atomic mass is 10.1. The quantitative estimate of drug-likeness (QED) is 0.851. The third-order valence-electron chi connectivity index (χ3n) is 2.34. The Balaban J connectivity index is 2.15. The normalized spacial score (nSPS) is 10.4. The summed E-state index contributed by atoms with van der Waals surface area (Å²) in [6.07, 6.45) is 0. The molecule has 1 heterocycles. The van der Waals surface area contributed by atoms with Crippen LogP contribution in [0.1, 0.15) is 22.5 Å². The maximum atomic E-state index is 5.68. The molecule has 0 fully saturated rings. The van der Waals surface area contributed by atoms with Gasteiger partial charge in [0, 0.05) is 0 Å². The van der Waals surface area contributed by atoms with Crippen molar-refractivity contribution in [3.8, 4) is 5.75 Å². The van der Waals surface area contributed by atoms with E-state index < -0.39 is 0 Å². The molecular formula is C11H14N4O. The first-order valence-corrected chi connectivity index (χ1v) is 5.10. The molecule has 0 saturated heterocycles. The van der Waals surface area contributed by atoms with Gasteiger partial charge in [-0.2, -0.15) is 5.21 Å². The van der Waals surface area contributed by atoms with Gasteiger partial charge in [0.05, 0.1) is 0 Å². The monoisotopic (exact) mass is 218 g/mol. The van der Waals surface area contributed by atoms with E-state index in [-0.39, 0.29) is 0 Å². The summed E-state index contributed by atoms with van der Waals surface area (Å²) in [4.78, 5) is 0. The zero-order valence-corrected chi connectivity index (χ0v) is 9.61. The number of benzene rings is 1. The first kappa shape index (κ1) is 10.6. The molecule has 0 aliphatic carbocycles. The fourth-order valence-corrected chi connectivity index (χ4v) is 1.77. The smallest absolute Gasteiger partial charge is 0.211 e. The predicted octanol–water partition coefficient (Wildman–Crippen LogP) is 1.70. The summed E-state index contributed by atoms with van der Waals surface area (Å²) in [6.45, 7) is 6.47. The minimum absolute atomic E-state index is 0.335. The summed E-state index contributed by atoms with van der Waals surface area (Å²) in [5.41, 5.74) is 3.49. The van der Waals surface area contributed by atoms with Crippen LogP contribution in [0.25, 0.3) is 0 Å². The van der Waals surface area contributed by atoms with Gasteiger partial charge in [-0.05, 0) is 31.9 Å². The number of nitrogens with one attached hydrogen (secondary N) is 1. The van der Waals surface area contributed by atoms with Crippen LogP contribution >= 0.6 is 0 Å². The van der Waals surface area contributed by atoms with E-state index in [0.29, 0.717) is 12.4 Å². The van der Waals surface area contributed by atoms with Crippen molar-refractivity contribution in [1.29, 1.82) is 0 Å². The first-order valence-electron chi connectivity index (χ1n) is 5.10. The highest BCUT2D eigenvalue weighted by Crippen LogP contribution is 2.24. The molecule has 5 nitrogen and oxygen atoms in total. The maximum Gasteiger partial charge on any atom is 0.211 e. The van der Waals surface area contributed by atoms with Gasteiger partial charge in [0.1, 0.15) is 5.75 Å². The van der Waals surface area contributed by atoms with E-state index in [1.165, 1.54) is 5.56 Å². The highest BCUT2D eigenvalue weighted by atomic mass is 16.5. The number of ether oxygens (including phenoxy) is 1. The molecule has 0 unspecified atom stereocenters. The Morgan fingerprint density at radius 1 is 1.19 bits per heavy atom. The van der Waals surface area contributed by atoms with E-state index >= 15 is 0 Å². The third-order valence-corrected chi connectivity index (χ3v) is 2.34. The molecule has 16 heavy (non-hydrogen) atoms. The molecule has 84 valence electrons. The number of aromatic amines is 1. The van der Waals surface area contributed by atoms with Crippen LogP contribution in [0, 0.1) is 20.8 Å². The zero-order valence-electron chi connectivity index (χ0n) is 9.61. The summed E-state index contributed by atoms with van der Waals surface area (Å²) >= 11 is 0. The van der Waals surface area contributed by atoms with Crippen LogP contribution in [-0.2, 0) is 6.61 Å². The lowest BCUT2D eigenvalue weighted by Gasteiger charge is -2.11. The van der Waals surface area contributed by atoms with Gasteiger partial charge in [-0.3, -0.25) is 0 Å². The summed E-state index contributed by atoms with van der Waals surface area (Å²) in [6, 6.07) is 4.19. The second-order valence-electron chi connectivity index (χ2n) is 3.84. The molecule has 0 spiro atoms. The van der Waals surface area contributed by atoms with Crippen LogP contribution in [0.2, 0.25) is 0 Å². The summed E-state index contributed by atoms with van der Waals surface area (Å²) in [7, 11) is 0. The van der Waals surface area contributed by atoms with Gasteiger partial charge in [-0.1, -0.05) is 22.9 Å². The Morgan fingerprint density at radius 3 is 2.44 bits per heavy atom. The number of nitrogens with zero attached hydrogens (tertiary/aromatic N) is 3. The number of tetrazole rings is 1. The van der Waals surface area contributed by atoms with E-state index in [1.54, 1.807) is 0 Å². The number of aromatic nitrogens is 4. The van der Waals surface area contributed by atoms with Crippen molar-refractivity contribution in [1.82, 2.24) is 20.6 Å².